The predicted molar refractivity (Wildman–Crippen MR) is 67.0 cm³/mol. The summed E-state index contributed by atoms with van der Waals surface area (Å²) in [6.45, 7) is 3.34. The van der Waals surface area contributed by atoms with Crippen LogP contribution < -0.4 is 15.2 Å². The fourth-order valence-corrected chi connectivity index (χ4v) is 1.87. The smallest absolute Gasteiger partial charge is 0.278 e. The normalized spacial score (nSPS) is 15.4. The van der Waals surface area contributed by atoms with Crippen LogP contribution in [0.25, 0.3) is 0 Å². The van der Waals surface area contributed by atoms with Crippen molar-refractivity contribution in [2.24, 2.45) is 11.1 Å². The van der Waals surface area contributed by atoms with Crippen LogP contribution in [-0.4, -0.2) is 23.4 Å². The topological polar surface area (TPSA) is 108 Å². The molecule has 0 amide bonds. The maximum absolute atomic E-state index is 11.1. The minimum Gasteiger partial charge on any atom is -0.454 e. The number of rotatable bonds is 4. The van der Waals surface area contributed by atoms with Gasteiger partial charge < -0.3 is 20.3 Å². The number of aliphatic hydroxyl groups is 1. The molecule has 0 aliphatic carbocycles. The number of nitrogens with zero attached hydrogens (tertiary/aromatic N) is 1. The SMILES string of the molecule is CC(C)(CO)[C@H](N)c1cc2c(cc1[N+](=O)[O-])OCO2. The van der Waals surface area contributed by atoms with Crippen LogP contribution in [0, 0.1) is 15.5 Å². The van der Waals surface area contributed by atoms with Gasteiger partial charge in [0.2, 0.25) is 6.79 Å². The lowest BCUT2D eigenvalue weighted by Gasteiger charge is -2.29. The number of ether oxygens (including phenoxy) is 2. The second-order valence-corrected chi connectivity index (χ2v) is 5.15. The van der Waals surface area contributed by atoms with Crippen molar-refractivity contribution in [1.82, 2.24) is 0 Å². The number of aliphatic hydroxyl groups excluding tert-OH is 1. The first-order valence-corrected chi connectivity index (χ1v) is 5.81. The molecule has 0 spiro atoms. The van der Waals surface area contributed by atoms with Crippen LogP contribution in [0.4, 0.5) is 5.69 Å². The van der Waals surface area contributed by atoms with Gasteiger partial charge in [-0.1, -0.05) is 13.8 Å². The molecule has 19 heavy (non-hydrogen) atoms. The number of nitro benzene ring substituents is 1. The van der Waals surface area contributed by atoms with Crippen LogP contribution >= 0.6 is 0 Å². The van der Waals surface area contributed by atoms with Crippen molar-refractivity contribution in [1.29, 1.82) is 0 Å². The molecule has 0 aromatic heterocycles. The molecule has 0 saturated heterocycles. The van der Waals surface area contributed by atoms with Crippen molar-refractivity contribution in [3.05, 3.63) is 27.8 Å². The molecule has 0 saturated carbocycles. The van der Waals surface area contributed by atoms with Gasteiger partial charge in [0.05, 0.1) is 16.6 Å². The average Bonchev–Trinajstić information content (AvgIpc) is 2.83. The molecule has 7 heteroatoms. The molecule has 104 valence electrons. The molecule has 1 atom stereocenters. The predicted octanol–water partition coefficient (Wildman–Crippen LogP) is 1.34. The van der Waals surface area contributed by atoms with Crippen LogP contribution in [0.2, 0.25) is 0 Å². The van der Waals surface area contributed by atoms with Crippen molar-refractivity contribution >= 4 is 5.69 Å². The lowest BCUT2D eigenvalue weighted by Crippen LogP contribution is -2.32. The highest BCUT2D eigenvalue weighted by molar-refractivity contribution is 5.56. The fourth-order valence-electron chi connectivity index (χ4n) is 1.87. The third-order valence-electron chi connectivity index (χ3n) is 3.30. The Morgan fingerprint density at radius 3 is 2.58 bits per heavy atom. The first-order valence-electron chi connectivity index (χ1n) is 5.81. The molecule has 1 aromatic rings. The Labute approximate surface area is 110 Å². The number of hydrogen-bond acceptors (Lipinski definition) is 6. The van der Waals surface area contributed by atoms with Crippen LogP contribution in [0.3, 0.4) is 0 Å². The molecule has 7 nitrogen and oxygen atoms in total. The van der Waals surface area contributed by atoms with Gasteiger partial charge in [-0.05, 0) is 6.07 Å². The summed E-state index contributed by atoms with van der Waals surface area (Å²) in [6.07, 6.45) is 0. The van der Waals surface area contributed by atoms with Crippen molar-refractivity contribution < 1.29 is 19.5 Å². The largest absolute Gasteiger partial charge is 0.454 e. The summed E-state index contributed by atoms with van der Waals surface area (Å²) in [4.78, 5) is 10.6. The Bertz CT molecular complexity index is 515. The minimum atomic E-state index is -0.688. The highest BCUT2D eigenvalue weighted by Gasteiger charge is 2.34. The molecule has 1 aromatic carbocycles. The van der Waals surface area contributed by atoms with Gasteiger partial charge in [0.1, 0.15) is 0 Å². The van der Waals surface area contributed by atoms with E-state index in [2.05, 4.69) is 0 Å². The maximum Gasteiger partial charge on any atom is 0.278 e. The zero-order chi connectivity index (χ0) is 14.2. The first kappa shape index (κ1) is 13.6. The summed E-state index contributed by atoms with van der Waals surface area (Å²) >= 11 is 0. The van der Waals surface area contributed by atoms with Gasteiger partial charge in [0.25, 0.3) is 5.69 Å². The van der Waals surface area contributed by atoms with Crippen molar-refractivity contribution in [3.63, 3.8) is 0 Å². The molecule has 0 unspecified atom stereocenters. The van der Waals surface area contributed by atoms with Gasteiger partial charge in [0.15, 0.2) is 11.5 Å². The molecule has 0 fully saturated rings. The van der Waals surface area contributed by atoms with Crippen molar-refractivity contribution in [2.45, 2.75) is 19.9 Å². The highest BCUT2D eigenvalue weighted by Crippen LogP contribution is 2.43. The van der Waals surface area contributed by atoms with E-state index < -0.39 is 16.4 Å². The molecular formula is C12H16N2O5. The molecule has 1 aliphatic rings. The second kappa shape index (κ2) is 4.67. The summed E-state index contributed by atoms with van der Waals surface area (Å²) in [7, 11) is 0. The fraction of sp³-hybridized carbons (Fsp3) is 0.500. The molecule has 0 radical (unpaired) electrons. The highest BCUT2D eigenvalue weighted by atomic mass is 16.7. The summed E-state index contributed by atoms with van der Waals surface area (Å²) in [6, 6.07) is 2.14. The second-order valence-electron chi connectivity index (χ2n) is 5.15. The minimum absolute atomic E-state index is 0.0363. The van der Waals surface area contributed by atoms with Crippen LogP contribution in [-0.2, 0) is 0 Å². The number of hydrogen-bond donors (Lipinski definition) is 2. The molecular weight excluding hydrogens is 252 g/mol. The van der Waals surface area contributed by atoms with E-state index in [1.165, 1.54) is 12.1 Å². The van der Waals surface area contributed by atoms with Crippen LogP contribution in [0.15, 0.2) is 12.1 Å². The van der Waals surface area contributed by atoms with E-state index >= 15 is 0 Å². The van der Waals surface area contributed by atoms with E-state index in [0.29, 0.717) is 17.1 Å². The molecule has 1 heterocycles. The van der Waals surface area contributed by atoms with Gasteiger partial charge in [-0.3, -0.25) is 10.1 Å². The van der Waals surface area contributed by atoms with Gasteiger partial charge in [-0.2, -0.15) is 0 Å². The van der Waals surface area contributed by atoms with Crippen LogP contribution in [0.1, 0.15) is 25.5 Å². The van der Waals surface area contributed by atoms with E-state index in [1.807, 2.05) is 0 Å². The number of fused-ring (bicyclic) bond motifs is 1. The molecule has 3 N–H and O–H groups in total. The Morgan fingerprint density at radius 2 is 2.05 bits per heavy atom. The van der Waals surface area contributed by atoms with Crippen molar-refractivity contribution in [2.75, 3.05) is 13.4 Å². The van der Waals surface area contributed by atoms with E-state index in [9.17, 15) is 15.2 Å². The third kappa shape index (κ3) is 2.34. The molecule has 2 rings (SSSR count). The first-order chi connectivity index (χ1) is 8.86. The summed E-state index contributed by atoms with van der Waals surface area (Å²) in [5, 5.41) is 20.5. The third-order valence-corrected chi connectivity index (χ3v) is 3.30. The zero-order valence-electron chi connectivity index (χ0n) is 10.8. The molecule has 0 bridgehead atoms. The number of nitrogens with two attached hydrogens (primary N) is 1. The summed E-state index contributed by atoms with van der Waals surface area (Å²) < 4.78 is 10.3. The number of benzene rings is 1. The quantitative estimate of drug-likeness (QED) is 0.630. The Hall–Kier alpha value is -1.86. The monoisotopic (exact) mass is 268 g/mol. The Balaban J connectivity index is 2.52. The van der Waals surface area contributed by atoms with E-state index in [1.54, 1.807) is 13.8 Å². The van der Waals surface area contributed by atoms with E-state index in [4.69, 9.17) is 15.2 Å². The summed E-state index contributed by atoms with van der Waals surface area (Å²) in [5.41, 5.74) is 5.57. The van der Waals surface area contributed by atoms with E-state index in [-0.39, 0.29) is 19.1 Å². The lowest BCUT2D eigenvalue weighted by atomic mass is 9.81. The van der Waals surface area contributed by atoms with Gasteiger partial charge in [-0.15, -0.1) is 0 Å². The van der Waals surface area contributed by atoms with Gasteiger partial charge in [-0.25, -0.2) is 0 Å². The maximum atomic E-state index is 11.1. The zero-order valence-corrected chi connectivity index (χ0v) is 10.8. The Kier molecular flexibility index (Phi) is 3.34. The lowest BCUT2D eigenvalue weighted by molar-refractivity contribution is -0.386. The van der Waals surface area contributed by atoms with Crippen molar-refractivity contribution in [3.8, 4) is 11.5 Å². The van der Waals surface area contributed by atoms with Crippen LogP contribution in [0.5, 0.6) is 11.5 Å². The average molecular weight is 268 g/mol. The van der Waals surface area contributed by atoms with E-state index in [0.717, 1.165) is 0 Å². The summed E-state index contributed by atoms with van der Waals surface area (Å²) in [5.74, 6) is 0.772. The van der Waals surface area contributed by atoms with Gasteiger partial charge >= 0.3 is 0 Å². The standard InChI is InChI=1S/C12H16N2O5/c1-12(2,5-15)11(13)7-3-9-10(19-6-18-9)4-8(7)14(16)17/h3-4,11,15H,5-6,13H2,1-2H3/t11-/m1/s1. The molecule has 1 aliphatic heterocycles. The Morgan fingerprint density at radius 1 is 1.47 bits per heavy atom. The van der Waals surface area contributed by atoms with Gasteiger partial charge in [0, 0.05) is 18.1 Å². The number of nitro groups is 1.